The average Bonchev–Trinajstić information content (AvgIpc) is 3.21. The van der Waals surface area contributed by atoms with Gasteiger partial charge in [-0.1, -0.05) is 59.6 Å². The van der Waals surface area contributed by atoms with E-state index < -0.39 is 5.69 Å². The fourth-order valence-electron chi connectivity index (χ4n) is 3.20. The number of carbonyl (C=O) groups is 1. The lowest BCUT2D eigenvalue weighted by molar-refractivity contribution is 0.0954. The molecule has 6 nitrogen and oxygen atoms in total. The Morgan fingerprint density at radius 1 is 1.10 bits per heavy atom. The van der Waals surface area contributed by atoms with Gasteiger partial charge in [-0.25, -0.2) is 4.79 Å². The summed E-state index contributed by atoms with van der Waals surface area (Å²) in [6, 6.07) is 14.3. The third kappa shape index (κ3) is 4.30. The normalized spacial score (nSPS) is 11.1. The summed E-state index contributed by atoms with van der Waals surface area (Å²) in [7, 11) is 0. The standard InChI is InChI=1S/C22H17Cl2N3O3S/c1-13-20(29)26(11-14-5-3-2-4-6-14)22(30)27-12-18(31-21(13)27)19(28)25-10-15-7-8-16(23)9-17(15)24/h2-9,12H,10-11H2,1H3,(H,25,28). The second-order valence-corrected chi connectivity index (χ2v) is 8.85. The Morgan fingerprint density at radius 3 is 2.55 bits per heavy atom. The fraction of sp³-hybridized carbons (Fsp3) is 0.136. The van der Waals surface area contributed by atoms with E-state index in [1.54, 1.807) is 25.1 Å². The van der Waals surface area contributed by atoms with Gasteiger partial charge in [0.1, 0.15) is 9.71 Å². The monoisotopic (exact) mass is 473 g/mol. The van der Waals surface area contributed by atoms with Crippen molar-refractivity contribution in [1.82, 2.24) is 14.3 Å². The van der Waals surface area contributed by atoms with Crippen LogP contribution in [0.4, 0.5) is 0 Å². The zero-order valence-electron chi connectivity index (χ0n) is 16.4. The molecule has 4 rings (SSSR count). The van der Waals surface area contributed by atoms with E-state index in [2.05, 4.69) is 5.32 Å². The molecule has 2 aromatic carbocycles. The van der Waals surface area contributed by atoms with Crippen LogP contribution < -0.4 is 16.6 Å². The average molecular weight is 474 g/mol. The quantitative estimate of drug-likeness (QED) is 0.473. The Morgan fingerprint density at radius 2 is 1.84 bits per heavy atom. The van der Waals surface area contributed by atoms with Gasteiger partial charge in [-0.05, 0) is 30.2 Å². The molecule has 2 heterocycles. The predicted octanol–water partition coefficient (Wildman–Crippen LogP) is 4.12. The van der Waals surface area contributed by atoms with Crippen LogP contribution in [0.15, 0.2) is 64.3 Å². The summed E-state index contributed by atoms with van der Waals surface area (Å²) >= 11 is 13.1. The lowest BCUT2D eigenvalue weighted by atomic mass is 10.2. The third-order valence-corrected chi connectivity index (χ3v) is 6.65. The van der Waals surface area contributed by atoms with Gasteiger partial charge in [0.2, 0.25) is 0 Å². The van der Waals surface area contributed by atoms with E-state index in [-0.39, 0.29) is 24.6 Å². The third-order valence-electron chi connectivity index (χ3n) is 4.86. The lowest BCUT2D eigenvalue weighted by Crippen LogP contribution is -2.38. The molecule has 0 unspecified atom stereocenters. The maximum Gasteiger partial charge on any atom is 0.336 e. The molecule has 0 aliphatic rings. The Hall–Kier alpha value is -2.87. The summed E-state index contributed by atoms with van der Waals surface area (Å²) in [6.45, 7) is 2.02. The molecule has 0 bridgehead atoms. The summed E-state index contributed by atoms with van der Waals surface area (Å²) in [4.78, 5) is 39.2. The van der Waals surface area contributed by atoms with Crippen molar-refractivity contribution in [2.75, 3.05) is 0 Å². The maximum atomic E-state index is 13.0. The number of halogens is 2. The van der Waals surface area contributed by atoms with Gasteiger partial charge < -0.3 is 5.32 Å². The highest BCUT2D eigenvalue weighted by molar-refractivity contribution is 7.19. The van der Waals surface area contributed by atoms with Crippen molar-refractivity contribution in [3.63, 3.8) is 0 Å². The lowest BCUT2D eigenvalue weighted by Gasteiger charge is -2.07. The molecule has 0 radical (unpaired) electrons. The molecule has 1 N–H and O–H groups in total. The first-order chi connectivity index (χ1) is 14.8. The fourth-order valence-corrected chi connectivity index (χ4v) is 4.68. The number of hydrogen-bond acceptors (Lipinski definition) is 4. The topological polar surface area (TPSA) is 72.6 Å². The van der Waals surface area contributed by atoms with Gasteiger partial charge >= 0.3 is 5.69 Å². The van der Waals surface area contributed by atoms with E-state index >= 15 is 0 Å². The molecule has 158 valence electrons. The van der Waals surface area contributed by atoms with Crippen molar-refractivity contribution in [1.29, 1.82) is 0 Å². The Bertz CT molecular complexity index is 1410. The van der Waals surface area contributed by atoms with Crippen LogP contribution in [0.1, 0.15) is 26.4 Å². The largest absolute Gasteiger partial charge is 0.347 e. The van der Waals surface area contributed by atoms with Crippen LogP contribution >= 0.6 is 34.5 Å². The van der Waals surface area contributed by atoms with Crippen molar-refractivity contribution in [2.24, 2.45) is 0 Å². The van der Waals surface area contributed by atoms with Crippen molar-refractivity contribution >= 4 is 45.3 Å². The number of nitrogens with zero attached hydrogens (tertiary/aromatic N) is 2. The minimum absolute atomic E-state index is 0.161. The molecule has 1 amide bonds. The summed E-state index contributed by atoms with van der Waals surface area (Å²) in [6.07, 6.45) is 1.47. The van der Waals surface area contributed by atoms with Crippen LogP contribution in [0.3, 0.4) is 0 Å². The summed E-state index contributed by atoms with van der Waals surface area (Å²) in [5.74, 6) is -0.361. The maximum absolute atomic E-state index is 13.0. The van der Waals surface area contributed by atoms with E-state index in [4.69, 9.17) is 23.2 Å². The molecule has 0 spiro atoms. The highest BCUT2D eigenvalue weighted by Crippen LogP contribution is 2.22. The Kier molecular flexibility index (Phi) is 6.00. The van der Waals surface area contributed by atoms with Crippen molar-refractivity contribution in [3.05, 3.63) is 107 Å². The van der Waals surface area contributed by atoms with Crippen LogP contribution in [-0.4, -0.2) is 14.9 Å². The molecule has 0 saturated carbocycles. The molecule has 0 aliphatic carbocycles. The highest BCUT2D eigenvalue weighted by atomic mass is 35.5. The first kappa shape index (κ1) is 21.4. The van der Waals surface area contributed by atoms with Gasteiger partial charge in [0.15, 0.2) is 0 Å². The number of fused-ring (bicyclic) bond motifs is 1. The first-order valence-corrected chi connectivity index (χ1v) is 10.9. The molecule has 0 saturated heterocycles. The summed E-state index contributed by atoms with van der Waals surface area (Å²) in [5, 5.41) is 3.75. The van der Waals surface area contributed by atoms with Gasteiger partial charge in [-0.2, -0.15) is 0 Å². The first-order valence-electron chi connectivity index (χ1n) is 9.37. The number of carbonyl (C=O) groups excluding carboxylic acids is 1. The molecule has 0 atom stereocenters. The number of benzene rings is 2. The highest BCUT2D eigenvalue weighted by Gasteiger charge is 2.18. The van der Waals surface area contributed by atoms with E-state index in [0.29, 0.717) is 25.3 Å². The molecule has 2 aromatic heterocycles. The molecule has 0 fully saturated rings. The van der Waals surface area contributed by atoms with E-state index in [1.807, 2.05) is 30.3 Å². The van der Waals surface area contributed by atoms with Crippen LogP contribution in [0.25, 0.3) is 4.83 Å². The smallest absolute Gasteiger partial charge is 0.336 e. The predicted molar refractivity (Wildman–Crippen MR) is 124 cm³/mol. The van der Waals surface area contributed by atoms with Crippen LogP contribution in [0.2, 0.25) is 10.0 Å². The van der Waals surface area contributed by atoms with Gasteiger partial charge in [0, 0.05) is 28.4 Å². The molecular formula is C22H17Cl2N3O3S. The number of thiazole rings is 1. The minimum atomic E-state index is -0.481. The molecule has 9 heteroatoms. The second kappa shape index (κ2) is 8.70. The number of aromatic nitrogens is 2. The Balaban J connectivity index is 1.65. The van der Waals surface area contributed by atoms with Crippen molar-refractivity contribution < 1.29 is 4.79 Å². The summed E-state index contributed by atoms with van der Waals surface area (Å²) in [5.41, 5.74) is 1.13. The van der Waals surface area contributed by atoms with E-state index in [1.165, 1.54) is 15.2 Å². The number of hydrogen-bond donors (Lipinski definition) is 1. The molecule has 31 heavy (non-hydrogen) atoms. The summed E-state index contributed by atoms with van der Waals surface area (Å²) < 4.78 is 2.54. The zero-order valence-corrected chi connectivity index (χ0v) is 18.7. The molecule has 4 aromatic rings. The van der Waals surface area contributed by atoms with Crippen LogP contribution in [-0.2, 0) is 13.1 Å². The van der Waals surface area contributed by atoms with Gasteiger partial charge in [-0.15, -0.1) is 11.3 Å². The van der Waals surface area contributed by atoms with Crippen LogP contribution in [0, 0.1) is 6.92 Å². The van der Waals surface area contributed by atoms with E-state index in [9.17, 15) is 14.4 Å². The minimum Gasteiger partial charge on any atom is -0.347 e. The zero-order chi connectivity index (χ0) is 22.1. The van der Waals surface area contributed by atoms with Crippen molar-refractivity contribution in [3.8, 4) is 0 Å². The van der Waals surface area contributed by atoms with Crippen LogP contribution in [0.5, 0.6) is 0 Å². The molecular weight excluding hydrogens is 457 g/mol. The van der Waals surface area contributed by atoms with E-state index in [0.717, 1.165) is 22.5 Å². The van der Waals surface area contributed by atoms with Crippen molar-refractivity contribution in [2.45, 2.75) is 20.0 Å². The molecule has 0 aliphatic heterocycles. The van der Waals surface area contributed by atoms with Gasteiger partial charge in [0.25, 0.3) is 11.5 Å². The number of aryl methyl sites for hydroxylation is 1. The number of rotatable bonds is 5. The SMILES string of the molecule is Cc1c(=O)n(Cc2ccccc2)c(=O)n2cc(C(=O)NCc3ccc(Cl)cc3Cl)sc12. The second-order valence-electron chi connectivity index (χ2n) is 6.97. The number of amides is 1. The number of nitrogens with one attached hydrogen (secondary N) is 1. The Labute approximate surface area is 191 Å². The van der Waals surface area contributed by atoms with Gasteiger partial charge in [0.05, 0.1) is 6.54 Å². The van der Waals surface area contributed by atoms with Gasteiger partial charge in [-0.3, -0.25) is 18.6 Å².